The van der Waals surface area contributed by atoms with Gasteiger partial charge in [-0.15, -0.1) is 0 Å². The Bertz CT molecular complexity index is 1880. The van der Waals surface area contributed by atoms with E-state index in [1.807, 2.05) is 13.0 Å². The van der Waals surface area contributed by atoms with Crippen LogP contribution in [0.1, 0.15) is 81.3 Å². The second-order valence-electron chi connectivity index (χ2n) is 17.0. The number of carbonyl (C=O) groups is 1. The second-order valence-corrected chi connectivity index (χ2v) is 19.5. The highest BCUT2D eigenvalue weighted by molar-refractivity contribution is 7.90. The molecule has 0 radical (unpaired) electrons. The summed E-state index contributed by atoms with van der Waals surface area (Å²) in [5.74, 6) is 0.185. The molecule has 4 aliphatic heterocycles. The largest absolute Gasteiger partial charge is 0.490 e. The fraction of sp³-hybridized carbons (Fsp3) is 0.634. The van der Waals surface area contributed by atoms with Gasteiger partial charge in [-0.1, -0.05) is 30.7 Å². The maximum Gasteiger partial charge on any atom is 0.264 e. The third kappa shape index (κ3) is 7.03. The van der Waals surface area contributed by atoms with Crippen LogP contribution in [0.2, 0.25) is 5.02 Å². The third-order valence-electron chi connectivity index (χ3n) is 13.5. The minimum atomic E-state index is -3.97. The minimum Gasteiger partial charge on any atom is -0.490 e. The summed E-state index contributed by atoms with van der Waals surface area (Å²) in [6.07, 6.45) is 7.37. The summed E-state index contributed by atoms with van der Waals surface area (Å²) in [5, 5.41) is 2.99. The highest BCUT2D eigenvalue weighted by Gasteiger charge is 2.47. The van der Waals surface area contributed by atoms with Gasteiger partial charge in [0, 0.05) is 55.8 Å². The van der Waals surface area contributed by atoms with Crippen LogP contribution < -0.4 is 19.7 Å². The Morgan fingerprint density at radius 1 is 1.08 bits per heavy atom. The maximum absolute atomic E-state index is 15.5. The van der Waals surface area contributed by atoms with Gasteiger partial charge in [-0.2, -0.15) is 0 Å². The summed E-state index contributed by atoms with van der Waals surface area (Å²) in [7, 11) is -3.97. The van der Waals surface area contributed by atoms with Crippen molar-refractivity contribution in [2.24, 2.45) is 23.7 Å². The van der Waals surface area contributed by atoms with Crippen LogP contribution in [0.15, 0.2) is 42.0 Å². The normalized spacial score (nSPS) is 35.4. The topological polar surface area (TPSA) is 100 Å². The number of hydrogen-bond acceptors (Lipinski definition) is 8. The average Bonchev–Trinajstić information content (AvgIpc) is 3.23. The van der Waals surface area contributed by atoms with Crippen molar-refractivity contribution in [3.8, 4) is 5.75 Å². The van der Waals surface area contributed by atoms with E-state index in [4.69, 9.17) is 21.1 Å². The second kappa shape index (κ2) is 14.4. The van der Waals surface area contributed by atoms with Crippen LogP contribution in [-0.4, -0.2) is 88.6 Å². The number of allylic oxidation sites excluding steroid dienone is 1. The van der Waals surface area contributed by atoms with Gasteiger partial charge in [-0.25, -0.2) is 17.5 Å². The van der Waals surface area contributed by atoms with Gasteiger partial charge >= 0.3 is 0 Å². The molecule has 4 bridgehead atoms. The quantitative estimate of drug-likeness (QED) is 0.361. The molecule has 2 aromatic rings. The van der Waals surface area contributed by atoms with E-state index >= 15 is 4.39 Å². The van der Waals surface area contributed by atoms with Crippen molar-refractivity contribution in [2.75, 3.05) is 50.8 Å². The Hall–Kier alpha value is -2.70. The molecule has 288 valence electrons. The van der Waals surface area contributed by atoms with E-state index in [-0.39, 0.29) is 34.3 Å². The molecule has 2 aromatic carbocycles. The minimum absolute atomic E-state index is 0.0379. The van der Waals surface area contributed by atoms with Crippen LogP contribution in [-0.2, 0) is 26.6 Å². The number of ether oxygens (including phenoxy) is 2. The zero-order valence-electron chi connectivity index (χ0n) is 31.4. The fourth-order valence-electron chi connectivity index (χ4n) is 10.2. The molecular weight excluding hydrogens is 715 g/mol. The first-order valence-electron chi connectivity index (χ1n) is 19.7. The van der Waals surface area contributed by atoms with Gasteiger partial charge in [-0.05, 0) is 124 Å². The molecule has 9 nitrogen and oxygen atoms in total. The molecule has 12 heteroatoms. The van der Waals surface area contributed by atoms with Gasteiger partial charge in [0.05, 0.1) is 35.3 Å². The monoisotopic (exact) mass is 768 g/mol. The number of hydrogen-bond donors (Lipinski definition) is 2. The number of anilines is 1. The smallest absolute Gasteiger partial charge is 0.264 e. The van der Waals surface area contributed by atoms with Crippen molar-refractivity contribution >= 4 is 33.2 Å². The molecule has 2 fully saturated rings. The molecule has 0 aromatic heterocycles. The van der Waals surface area contributed by atoms with Gasteiger partial charge in [0.15, 0.2) is 0 Å². The maximum atomic E-state index is 15.5. The van der Waals surface area contributed by atoms with E-state index in [2.05, 4.69) is 39.8 Å². The van der Waals surface area contributed by atoms with Crippen molar-refractivity contribution in [2.45, 2.75) is 95.1 Å². The molecule has 1 spiro atoms. The number of nitrogens with one attached hydrogen (secondary N) is 2. The lowest BCUT2D eigenvalue weighted by Crippen LogP contribution is -2.55. The number of rotatable bonds is 4. The number of benzene rings is 2. The lowest BCUT2D eigenvalue weighted by molar-refractivity contribution is -0.0349. The summed E-state index contributed by atoms with van der Waals surface area (Å²) in [6, 6.07) is 9.70. The molecule has 1 saturated carbocycles. The highest BCUT2D eigenvalue weighted by Crippen LogP contribution is 2.50. The first kappa shape index (κ1) is 37.2. The molecule has 53 heavy (non-hydrogen) atoms. The van der Waals surface area contributed by atoms with Crippen molar-refractivity contribution in [3.05, 3.63) is 69.5 Å². The molecule has 3 aliphatic carbocycles. The Kier molecular flexibility index (Phi) is 10.1. The van der Waals surface area contributed by atoms with Gasteiger partial charge in [0.1, 0.15) is 11.6 Å². The Morgan fingerprint density at radius 3 is 2.58 bits per heavy atom. The molecule has 1 saturated heterocycles. The lowest BCUT2D eigenvalue weighted by Gasteiger charge is -2.49. The van der Waals surface area contributed by atoms with E-state index in [1.165, 1.54) is 5.57 Å². The number of nitrogens with zero attached hydrogens (tertiary/aromatic N) is 2. The molecule has 9 atom stereocenters. The van der Waals surface area contributed by atoms with Gasteiger partial charge in [0.25, 0.3) is 5.91 Å². The summed E-state index contributed by atoms with van der Waals surface area (Å²) in [4.78, 5) is 18.5. The summed E-state index contributed by atoms with van der Waals surface area (Å²) in [5.41, 5.74) is 3.40. The van der Waals surface area contributed by atoms with E-state index < -0.39 is 26.6 Å². The van der Waals surface area contributed by atoms with Gasteiger partial charge in [-0.3, -0.25) is 9.69 Å². The van der Waals surface area contributed by atoms with Crippen LogP contribution in [0.4, 0.5) is 10.1 Å². The van der Waals surface area contributed by atoms with Gasteiger partial charge in [0.2, 0.25) is 10.0 Å². The lowest BCUT2D eigenvalue weighted by atomic mass is 9.64. The Balaban J connectivity index is 1.15. The zero-order valence-corrected chi connectivity index (χ0v) is 32.9. The molecule has 2 N–H and O–H groups in total. The number of amides is 1. The molecule has 7 aliphatic rings. The SMILES string of the molecule is C[C@@H]1[C@@H](C)S(=O)(=O)NC(=O)c2ccc3c(c2)N(C[C@@H]2CC[C@H]2[C@@H](OCCN2C[C@@H](C)N[C@@H](C)C2)C2=C[C@H]1C2)C[C@@]1(CCCc2c1ccc(Cl)c2F)CO3. The first-order chi connectivity index (χ1) is 25.3. The predicted molar refractivity (Wildman–Crippen MR) is 206 cm³/mol. The molecular formula is C41H54ClFN4O5S. The number of carbonyl (C=O) groups excluding carboxylic acids is 1. The highest BCUT2D eigenvalue weighted by atomic mass is 35.5. The molecule has 4 heterocycles. The van der Waals surface area contributed by atoms with E-state index in [1.54, 1.807) is 31.2 Å². The fourth-order valence-corrected chi connectivity index (χ4v) is 11.7. The third-order valence-corrected chi connectivity index (χ3v) is 15.6. The number of piperazine rings is 1. The Labute approximate surface area is 319 Å². The summed E-state index contributed by atoms with van der Waals surface area (Å²) >= 11 is 6.29. The van der Waals surface area contributed by atoms with Crippen molar-refractivity contribution < 1.29 is 27.1 Å². The van der Waals surface area contributed by atoms with Crippen LogP contribution in [0.3, 0.4) is 0 Å². The van der Waals surface area contributed by atoms with Crippen molar-refractivity contribution in [3.63, 3.8) is 0 Å². The standard InChI is InChI=1S/C41H54ClFN4O5S/c1-24-19-46(20-25(2)44-24)14-15-51-39-31-16-30(17-31)26(3)27(4)53(49,50)45-40(48)28-8-12-37-36(18-28)47(21-29-7-9-32(29)39)22-41(23-52-37)13-5-6-33-34(41)10-11-35(42)38(33)43/h8,10-12,16,18,24-27,29-30,32,39,44H,5-7,9,13-15,17,19-23H2,1-4H3,(H,45,48)/t24-,25+,26-,27-,29+,30+,32-,39+,41+/m1/s1. The number of halogens is 2. The Morgan fingerprint density at radius 2 is 1.85 bits per heavy atom. The molecule has 0 unspecified atom stereocenters. The predicted octanol–water partition coefficient (Wildman–Crippen LogP) is 6.09. The van der Waals surface area contributed by atoms with Gasteiger partial charge < -0.3 is 19.7 Å². The van der Waals surface area contributed by atoms with Crippen LogP contribution in [0.5, 0.6) is 5.75 Å². The van der Waals surface area contributed by atoms with Crippen molar-refractivity contribution in [1.29, 1.82) is 0 Å². The van der Waals surface area contributed by atoms with E-state index in [0.29, 0.717) is 68.0 Å². The van der Waals surface area contributed by atoms with E-state index in [0.717, 1.165) is 63.0 Å². The average molecular weight is 769 g/mol. The van der Waals surface area contributed by atoms with E-state index in [9.17, 15) is 13.2 Å². The number of fused-ring (bicyclic) bond motifs is 6. The molecule has 1 amide bonds. The summed E-state index contributed by atoms with van der Waals surface area (Å²) < 4.78 is 58.7. The van der Waals surface area contributed by atoms with Crippen molar-refractivity contribution in [1.82, 2.24) is 14.9 Å². The molecule has 9 rings (SSSR count). The van der Waals surface area contributed by atoms with Crippen LogP contribution in [0.25, 0.3) is 0 Å². The zero-order chi connectivity index (χ0) is 37.2. The van der Waals surface area contributed by atoms with Crippen LogP contribution >= 0.6 is 11.6 Å². The van der Waals surface area contributed by atoms with Crippen LogP contribution in [0, 0.1) is 29.5 Å². The first-order valence-corrected chi connectivity index (χ1v) is 21.6. The number of sulfonamides is 1. The summed E-state index contributed by atoms with van der Waals surface area (Å²) in [6.45, 7) is 13.3.